The molecule has 0 aliphatic carbocycles. The van der Waals surface area contributed by atoms with Gasteiger partial charge in [-0.05, 0) is 174 Å². The van der Waals surface area contributed by atoms with Gasteiger partial charge in [0.25, 0.3) is 23.6 Å². The number of nitrogens with zero attached hydrogens (tertiary/aromatic N) is 1. The minimum Gasteiger partial charge on any atom is -0.388 e. The maximum absolute atomic E-state index is 14.4. The topological polar surface area (TPSA) is 448 Å². The predicted molar refractivity (Wildman–Crippen MR) is 414 cm³/mol. The number of Topliss-reactive ketones (excluding diaryl/α,β-unsaturated/α-hetero) is 1. The van der Waals surface area contributed by atoms with E-state index < -0.39 is 179 Å². The monoisotopic (exact) mass is 1520 g/mol. The van der Waals surface area contributed by atoms with Gasteiger partial charge in [0.05, 0.1) is 18.7 Å². The summed E-state index contributed by atoms with van der Waals surface area (Å²) < 4.78 is 0. The number of aliphatic hydroxyl groups is 1. The molecule has 0 unspecified atom stereocenters. The Morgan fingerprint density at radius 2 is 0.769 bits per heavy atom. The second-order valence-electron chi connectivity index (χ2n) is 31.5. The lowest BCUT2D eigenvalue weighted by atomic mass is 9.78. The lowest BCUT2D eigenvalue weighted by Crippen LogP contribution is -2.63. The summed E-state index contributed by atoms with van der Waals surface area (Å²) in [6, 6.07) is -9.82. The summed E-state index contributed by atoms with van der Waals surface area (Å²) in [7, 11) is 3.77. The molecule has 0 rings (SSSR count). The van der Waals surface area contributed by atoms with Crippen molar-refractivity contribution in [2.75, 3.05) is 33.7 Å². The molecule has 108 heavy (non-hydrogen) atoms. The van der Waals surface area contributed by atoms with Gasteiger partial charge in [-0.15, -0.1) is 0 Å². The Morgan fingerprint density at radius 1 is 0.398 bits per heavy atom. The summed E-state index contributed by atoms with van der Waals surface area (Å²) in [4.78, 5) is 209. The van der Waals surface area contributed by atoms with Crippen molar-refractivity contribution in [1.29, 1.82) is 0 Å². The highest BCUT2D eigenvalue weighted by atomic mass is 16.3. The number of amides is 14. The standard InChI is InChI=1S/C77H133N15O16/c1-30-44(17)58(70(102)80-49(22)64(96)85-55(41(11)12)67(99)87-56(42(13)14)68(100)86-54(40(9)10)66(98)82-51(39(7)8)37-92(28)29)83-52(93)35-78-74(106)62(77(26,27)108)91-73(105)61(47(20)33-4)90-69(101)57(43(15)16)88-72(104)60(46(19)32-3)89-65(97)50(23)81-71(103)59(45(18)31-2)84-53(94)36-79-75(107)76(24,25)63(95)48(21)34-38(5)6/h38-39,41-43,47-51,55-57,61-62,108H,30-37H2,1-29H3,(H,78,106)(H,79,107)(H,80,102)(H,81,103)(H,82,98)(H,83,93)(H,84,94)(H,85,96)(H,86,100)(H,87,99)(H,88,104)(H,89,97)(H,90,101)(H,91,105)/b58-44+,59-45-,60-46-/t47-,48-,49+,50-,51+,55+,56-,57+,61+,62-/m0/s1. The van der Waals surface area contributed by atoms with Crippen molar-refractivity contribution in [3.8, 4) is 0 Å². The molecule has 0 bridgehead atoms. The van der Waals surface area contributed by atoms with E-state index in [2.05, 4.69) is 74.4 Å². The molecule has 0 spiro atoms. The summed E-state index contributed by atoms with van der Waals surface area (Å²) in [5.74, 6) is -14.2. The first kappa shape index (κ1) is 99.1. The highest BCUT2D eigenvalue weighted by Gasteiger charge is 2.42. The van der Waals surface area contributed by atoms with Crippen LogP contribution in [0.5, 0.6) is 0 Å². The Labute approximate surface area is 640 Å². The van der Waals surface area contributed by atoms with E-state index in [9.17, 15) is 77.0 Å². The number of allylic oxidation sites excluding steroid dienone is 4. The molecule has 31 nitrogen and oxygen atoms in total. The van der Waals surface area contributed by atoms with Crippen LogP contribution in [0.1, 0.15) is 219 Å². The average molecular weight is 1520 g/mol. The van der Waals surface area contributed by atoms with Crippen LogP contribution in [0.4, 0.5) is 0 Å². The third-order valence-electron chi connectivity index (χ3n) is 18.5. The van der Waals surface area contributed by atoms with E-state index in [1.165, 1.54) is 41.5 Å². The third kappa shape index (κ3) is 32.1. The van der Waals surface area contributed by atoms with Crippen LogP contribution in [-0.4, -0.2) is 186 Å². The first-order valence-electron chi connectivity index (χ1n) is 37.6. The molecule has 0 saturated carbocycles. The van der Waals surface area contributed by atoms with Gasteiger partial charge in [0.15, 0.2) is 5.78 Å². The van der Waals surface area contributed by atoms with Crippen LogP contribution >= 0.6 is 0 Å². The molecule has 31 heteroatoms. The molecular weight excluding hydrogens is 1390 g/mol. The first-order chi connectivity index (χ1) is 49.7. The van der Waals surface area contributed by atoms with Crippen LogP contribution in [0.2, 0.25) is 0 Å². The minimum absolute atomic E-state index is 0.0296. The Bertz CT molecular complexity index is 3350. The minimum atomic E-state index is -2.02. The van der Waals surface area contributed by atoms with Gasteiger partial charge in [0.2, 0.25) is 59.1 Å². The molecule has 0 aromatic heterocycles. The van der Waals surface area contributed by atoms with Crippen molar-refractivity contribution in [1.82, 2.24) is 79.3 Å². The van der Waals surface area contributed by atoms with Crippen LogP contribution in [0.3, 0.4) is 0 Å². The SMILES string of the molecule is CC/C(C)=C(\NC(=O)CNC(=O)C(C)(C)C(=O)[C@@H](C)CC(C)C)C(=O)N[C@@H](C)C(=O)N/C(C(=O)N[C@@H](C(=O)N[C@@H](C(=O)N[C@@H](C(=O)NCC(=O)N/C(C(=O)N[C@H](C)C(=O)N[C@@H](C(=O)N[C@H](C(=O)NC(C(=O)N[C@H](CN(C)C)C(C)C)=C(C)C)C(C)C)C(C)C)=C(\C)CC)C(C)(C)O)[C@@H](C)CC)C(C)C)=C(/C)CC. The summed E-state index contributed by atoms with van der Waals surface area (Å²) in [5.41, 5.74) is -2.49. The molecule has 612 valence electrons. The molecule has 10 atom stereocenters. The molecule has 0 heterocycles. The first-order valence-corrected chi connectivity index (χ1v) is 37.6. The van der Waals surface area contributed by atoms with Gasteiger partial charge < -0.3 is 84.4 Å². The lowest BCUT2D eigenvalue weighted by Gasteiger charge is -2.33. The van der Waals surface area contributed by atoms with Gasteiger partial charge in [-0.1, -0.05) is 117 Å². The summed E-state index contributed by atoms with van der Waals surface area (Å²) >= 11 is 0. The fraction of sp³-hybridized carbons (Fsp3) is 0.701. The number of likely N-dealkylation sites (N-methyl/N-ethyl adjacent to an activating group) is 1. The van der Waals surface area contributed by atoms with E-state index in [-0.39, 0.29) is 59.3 Å². The zero-order valence-corrected chi connectivity index (χ0v) is 69.8. The second kappa shape index (κ2) is 45.8. The number of hydrogen-bond donors (Lipinski definition) is 15. The Morgan fingerprint density at radius 3 is 1.17 bits per heavy atom. The van der Waals surface area contributed by atoms with E-state index in [1.807, 2.05) is 46.7 Å². The lowest BCUT2D eigenvalue weighted by molar-refractivity contribution is -0.143. The predicted octanol–water partition coefficient (Wildman–Crippen LogP) is 3.23. The molecule has 0 aliphatic heterocycles. The van der Waals surface area contributed by atoms with Crippen LogP contribution in [0.25, 0.3) is 0 Å². The Kier molecular flexibility index (Phi) is 42.1. The maximum Gasteiger partial charge on any atom is 0.268 e. The van der Waals surface area contributed by atoms with Gasteiger partial charge in [-0.2, -0.15) is 0 Å². The van der Waals surface area contributed by atoms with Crippen LogP contribution in [-0.2, 0) is 71.9 Å². The van der Waals surface area contributed by atoms with E-state index in [0.717, 1.165) is 0 Å². The molecule has 0 saturated heterocycles. The summed E-state index contributed by atoms with van der Waals surface area (Å²) in [6.07, 6.45) is 1.62. The van der Waals surface area contributed by atoms with E-state index >= 15 is 0 Å². The molecule has 15 N–H and O–H groups in total. The van der Waals surface area contributed by atoms with Crippen molar-refractivity contribution in [2.24, 2.45) is 46.8 Å². The normalized spacial score (nSPS) is 15.3. The zero-order chi connectivity index (χ0) is 84.1. The fourth-order valence-electron chi connectivity index (χ4n) is 10.8. The van der Waals surface area contributed by atoms with Crippen molar-refractivity contribution < 1.29 is 77.0 Å². The average Bonchev–Trinajstić information content (AvgIpc) is 0.964. The highest BCUT2D eigenvalue weighted by molar-refractivity contribution is 6.08. The van der Waals surface area contributed by atoms with Crippen LogP contribution in [0.15, 0.2) is 45.1 Å². The quantitative estimate of drug-likeness (QED) is 0.0307. The van der Waals surface area contributed by atoms with Gasteiger partial charge in [0.1, 0.15) is 70.5 Å². The molecule has 14 amide bonds. The largest absolute Gasteiger partial charge is 0.388 e. The molecule has 0 aliphatic rings. The molecule has 0 aromatic carbocycles. The smallest absolute Gasteiger partial charge is 0.268 e. The van der Waals surface area contributed by atoms with Crippen molar-refractivity contribution in [2.45, 2.75) is 273 Å². The highest BCUT2D eigenvalue weighted by Crippen LogP contribution is 2.26. The van der Waals surface area contributed by atoms with E-state index in [4.69, 9.17) is 0 Å². The summed E-state index contributed by atoms with van der Waals surface area (Å²) in [5, 5.41) is 47.7. The van der Waals surface area contributed by atoms with Crippen molar-refractivity contribution in [3.63, 3.8) is 0 Å². The number of carbonyl (C=O) groups excluding carboxylic acids is 15. The number of nitrogens with one attached hydrogen (secondary N) is 14. The van der Waals surface area contributed by atoms with Gasteiger partial charge in [-0.3, -0.25) is 71.9 Å². The van der Waals surface area contributed by atoms with Crippen molar-refractivity contribution >= 4 is 88.5 Å². The van der Waals surface area contributed by atoms with Gasteiger partial charge in [-0.25, -0.2) is 0 Å². The van der Waals surface area contributed by atoms with E-state index in [1.54, 1.807) is 118 Å². The number of ketones is 1. The number of rotatable bonds is 44. The van der Waals surface area contributed by atoms with Gasteiger partial charge in [0, 0.05) is 18.5 Å². The number of hydrogen-bond acceptors (Lipinski definition) is 17. The number of carbonyl (C=O) groups is 15. The zero-order valence-electron chi connectivity index (χ0n) is 69.8. The molecule has 0 fully saturated rings. The maximum atomic E-state index is 14.4. The fourth-order valence-corrected chi connectivity index (χ4v) is 10.8. The van der Waals surface area contributed by atoms with Crippen molar-refractivity contribution in [3.05, 3.63) is 45.1 Å². The second-order valence-corrected chi connectivity index (χ2v) is 31.5. The third-order valence-corrected chi connectivity index (χ3v) is 18.5. The van der Waals surface area contributed by atoms with Crippen LogP contribution in [0, 0.1) is 46.8 Å². The molecule has 0 radical (unpaired) electrons. The van der Waals surface area contributed by atoms with Crippen LogP contribution < -0.4 is 74.4 Å². The summed E-state index contributed by atoms with van der Waals surface area (Å²) in [6.45, 7) is 43.4. The van der Waals surface area contributed by atoms with Gasteiger partial charge >= 0.3 is 0 Å². The Balaban J connectivity index is 6.43. The molecular formula is C77H133N15O16. The Hall–Kier alpha value is -8.87. The van der Waals surface area contributed by atoms with E-state index in [0.29, 0.717) is 48.1 Å². The molecule has 0 aromatic rings.